The number of benzene rings is 1. The molecule has 4 nitrogen and oxygen atoms in total. The summed E-state index contributed by atoms with van der Waals surface area (Å²) in [5.74, 6) is -2.99. The molecule has 180 valence electrons. The molecular formula is C20H15Cl6F3N2O2. The molecule has 2 N–H and O–H groups in total. The fourth-order valence-electron chi connectivity index (χ4n) is 2.89. The predicted octanol–water partition coefficient (Wildman–Crippen LogP) is 6.82. The van der Waals surface area contributed by atoms with Crippen LogP contribution in [0.5, 0.6) is 0 Å². The number of nitrogens with one attached hydrogen (secondary N) is 2. The average molecular weight is 585 g/mol. The van der Waals surface area contributed by atoms with Gasteiger partial charge in [-0.2, -0.15) is 13.2 Å². The van der Waals surface area contributed by atoms with Crippen molar-refractivity contribution in [3.05, 3.63) is 68.3 Å². The van der Waals surface area contributed by atoms with Gasteiger partial charge in [-0.1, -0.05) is 53.0 Å². The highest BCUT2D eigenvalue weighted by atomic mass is 35.5. The lowest BCUT2D eigenvalue weighted by Gasteiger charge is -2.09. The van der Waals surface area contributed by atoms with Crippen LogP contribution in [-0.2, 0) is 9.59 Å². The Kier molecular flexibility index (Phi) is 9.47. The summed E-state index contributed by atoms with van der Waals surface area (Å²) in [5.41, 5.74) is 0.672. The van der Waals surface area contributed by atoms with E-state index in [9.17, 15) is 22.8 Å². The largest absolute Gasteiger partial charge is 0.405 e. The lowest BCUT2D eigenvalue weighted by molar-refractivity contribution is -0.137. The number of allylic oxidation sites excluding steroid dienone is 3. The van der Waals surface area contributed by atoms with E-state index in [0.29, 0.717) is 15.6 Å². The standard InChI is InChI=1S/C20H15Cl6F3N2O2/c1-2-12(6-13(23)14(24)7-15(32)30-8-19(27,28)29)31-18(33)17-16(20(17,25)26)9-3-10(21)5-11(22)4-9/h2-6,16-17H,1,7-8H2,(H,30,32)(H,31,33)/b12-6+,14-13-. The maximum atomic E-state index is 12.8. The van der Waals surface area contributed by atoms with Crippen molar-refractivity contribution < 1.29 is 22.8 Å². The van der Waals surface area contributed by atoms with Crippen LogP contribution in [0.2, 0.25) is 10.0 Å². The lowest BCUT2D eigenvalue weighted by atomic mass is 10.1. The molecule has 2 unspecified atom stereocenters. The Labute approximate surface area is 217 Å². The van der Waals surface area contributed by atoms with Crippen LogP contribution in [-0.4, -0.2) is 28.9 Å². The van der Waals surface area contributed by atoms with Crippen molar-refractivity contribution in [2.45, 2.75) is 22.8 Å². The van der Waals surface area contributed by atoms with Crippen molar-refractivity contribution in [1.29, 1.82) is 0 Å². The minimum atomic E-state index is -4.56. The Morgan fingerprint density at radius 1 is 1.12 bits per heavy atom. The van der Waals surface area contributed by atoms with Crippen molar-refractivity contribution >= 4 is 81.4 Å². The van der Waals surface area contributed by atoms with E-state index in [0.717, 1.165) is 0 Å². The molecule has 0 heterocycles. The van der Waals surface area contributed by atoms with Crippen LogP contribution >= 0.6 is 69.6 Å². The fourth-order valence-corrected chi connectivity index (χ4v) is 4.62. The molecule has 1 fully saturated rings. The van der Waals surface area contributed by atoms with Crippen molar-refractivity contribution in [3.63, 3.8) is 0 Å². The minimum absolute atomic E-state index is 0.0951. The molecular weight excluding hydrogens is 570 g/mol. The van der Waals surface area contributed by atoms with Gasteiger partial charge in [0.1, 0.15) is 10.9 Å². The Hall–Kier alpha value is -1.09. The van der Waals surface area contributed by atoms with Crippen LogP contribution < -0.4 is 10.6 Å². The average Bonchev–Trinajstić information content (AvgIpc) is 3.26. The molecule has 0 aromatic heterocycles. The molecule has 2 amide bonds. The van der Waals surface area contributed by atoms with Crippen LogP contribution in [0.1, 0.15) is 17.9 Å². The number of alkyl halides is 5. The van der Waals surface area contributed by atoms with Crippen LogP contribution in [0.3, 0.4) is 0 Å². The maximum absolute atomic E-state index is 12.8. The fraction of sp³-hybridized carbons (Fsp3) is 0.300. The summed E-state index contributed by atoms with van der Waals surface area (Å²) in [6, 6.07) is 4.71. The summed E-state index contributed by atoms with van der Waals surface area (Å²) >= 11 is 36.5. The zero-order valence-corrected chi connectivity index (χ0v) is 20.9. The number of rotatable bonds is 8. The van der Waals surface area contributed by atoms with E-state index in [1.165, 1.54) is 18.2 Å². The van der Waals surface area contributed by atoms with E-state index in [1.807, 2.05) is 0 Å². The van der Waals surface area contributed by atoms with Crippen LogP contribution in [0.15, 0.2) is 52.7 Å². The van der Waals surface area contributed by atoms with E-state index in [-0.39, 0.29) is 15.8 Å². The SMILES string of the molecule is C=C/C(=C\C(Cl)=C(\Cl)CC(=O)NCC(F)(F)F)NC(=O)C1C(c2cc(Cl)cc(Cl)c2)C1(Cl)Cl. The lowest BCUT2D eigenvalue weighted by Crippen LogP contribution is -2.33. The summed E-state index contributed by atoms with van der Waals surface area (Å²) in [5, 5.41) is 4.48. The molecule has 0 spiro atoms. The molecule has 1 aromatic rings. The van der Waals surface area contributed by atoms with E-state index >= 15 is 0 Å². The molecule has 0 bridgehead atoms. The van der Waals surface area contributed by atoms with Gasteiger partial charge in [0.15, 0.2) is 0 Å². The third-order valence-electron chi connectivity index (χ3n) is 4.41. The number of hydrogen-bond donors (Lipinski definition) is 2. The third-order valence-corrected chi connectivity index (χ3v) is 6.56. The van der Waals surface area contributed by atoms with Gasteiger partial charge in [0.25, 0.3) is 0 Å². The number of amides is 2. The summed E-state index contributed by atoms with van der Waals surface area (Å²) in [6.07, 6.45) is -2.74. The summed E-state index contributed by atoms with van der Waals surface area (Å²) < 4.78 is 35.1. The van der Waals surface area contributed by atoms with Crippen molar-refractivity contribution in [3.8, 4) is 0 Å². The highest BCUT2D eigenvalue weighted by Gasteiger charge is 2.67. The molecule has 1 aliphatic carbocycles. The first kappa shape index (κ1) is 28.1. The second-order valence-electron chi connectivity index (χ2n) is 6.95. The molecule has 2 rings (SSSR count). The maximum Gasteiger partial charge on any atom is 0.405 e. The molecule has 2 atom stereocenters. The Bertz CT molecular complexity index is 1000. The molecule has 0 saturated heterocycles. The Balaban J connectivity index is 2.09. The zero-order valence-electron chi connectivity index (χ0n) is 16.4. The molecule has 13 heteroatoms. The van der Waals surface area contributed by atoms with Gasteiger partial charge in [0.2, 0.25) is 11.8 Å². The highest BCUT2D eigenvalue weighted by Crippen LogP contribution is 2.65. The number of carbonyl (C=O) groups excluding carboxylic acids is 2. The topological polar surface area (TPSA) is 58.2 Å². The van der Waals surface area contributed by atoms with Gasteiger partial charge in [0, 0.05) is 26.7 Å². The van der Waals surface area contributed by atoms with Gasteiger partial charge >= 0.3 is 6.18 Å². The molecule has 1 saturated carbocycles. The van der Waals surface area contributed by atoms with Gasteiger partial charge in [-0.25, -0.2) is 0 Å². The number of carbonyl (C=O) groups is 2. The summed E-state index contributed by atoms with van der Waals surface area (Å²) in [4.78, 5) is 24.3. The smallest absolute Gasteiger partial charge is 0.347 e. The van der Waals surface area contributed by atoms with Crippen molar-refractivity contribution in [1.82, 2.24) is 10.6 Å². The zero-order chi connectivity index (χ0) is 25.1. The first-order valence-electron chi connectivity index (χ1n) is 9.02. The van der Waals surface area contributed by atoms with E-state index < -0.39 is 47.1 Å². The molecule has 1 aromatic carbocycles. The van der Waals surface area contributed by atoms with Gasteiger partial charge in [-0.3, -0.25) is 9.59 Å². The first-order chi connectivity index (χ1) is 15.2. The quantitative estimate of drug-likeness (QED) is 0.260. The highest BCUT2D eigenvalue weighted by molar-refractivity contribution is 6.53. The van der Waals surface area contributed by atoms with Gasteiger partial charge in [-0.05, 0) is 35.9 Å². The normalized spacial score (nSPS) is 20.6. The van der Waals surface area contributed by atoms with Crippen molar-refractivity contribution in [2.24, 2.45) is 5.92 Å². The monoisotopic (exact) mass is 582 g/mol. The van der Waals surface area contributed by atoms with Crippen LogP contribution in [0.25, 0.3) is 0 Å². The predicted molar refractivity (Wildman–Crippen MR) is 126 cm³/mol. The number of halogens is 9. The summed E-state index contributed by atoms with van der Waals surface area (Å²) in [6.45, 7) is 2.04. The van der Waals surface area contributed by atoms with Gasteiger partial charge < -0.3 is 10.6 Å². The minimum Gasteiger partial charge on any atom is -0.347 e. The molecule has 0 aliphatic heterocycles. The summed E-state index contributed by atoms with van der Waals surface area (Å²) in [7, 11) is 0. The van der Waals surface area contributed by atoms with Crippen LogP contribution in [0, 0.1) is 5.92 Å². The first-order valence-corrected chi connectivity index (χ1v) is 11.3. The Morgan fingerprint density at radius 2 is 1.70 bits per heavy atom. The molecule has 0 radical (unpaired) electrons. The Morgan fingerprint density at radius 3 is 2.21 bits per heavy atom. The second kappa shape index (κ2) is 11.1. The molecule has 33 heavy (non-hydrogen) atoms. The van der Waals surface area contributed by atoms with E-state index in [1.54, 1.807) is 17.4 Å². The third kappa shape index (κ3) is 7.98. The van der Waals surface area contributed by atoms with Crippen molar-refractivity contribution in [2.75, 3.05) is 6.54 Å². The molecule has 1 aliphatic rings. The van der Waals surface area contributed by atoms with Gasteiger partial charge in [0.05, 0.1) is 17.4 Å². The number of hydrogen-bond acceptors (Lipinski definition) is 2. The second-order valence-corrected chi connectivity index (χ2v) is 10.1. The van der Waals surface area contributed by atoms with E-state index in [4.69, 9.17) is 69.6 Å². The van der Waals surface area contributed by atoms with Crippen LogP contribution in [0.4, 0.5) is 13.2 Å². The van der Waals surface area contributed by atoms with Gasteiger partial charge in [-0.15, -0.1) is 23.2 Å². The van der Waals surface area contributed by atoms with E-state index in [2.05, 4.69) is 11.9 Å².